The first-order chi connectivity index (χ1) is 15.4. The van der Waals surface area contributed by atoms with Crippen LogP contribution in [0.3, 0.4) is 0 Å². The summed E-state index contributed by atoms with van der Waals surface area (Å²) in [6.07, 6.45) is 2.44. The van der Waals surface area contributed by atoms with Crippen LogP contribution in [0.25, 0.3) is 6.08 Å². The number of imide groups is 1. The number of hydrogen-bond acceptors (Lipinski definition) is 7. The number of carbonyl (C=O) groups is 3. The van der Waals surface area contributed by atoms with Gasteiger partial charge < -0.3 is 14.8 Å². The minimum absolute atomic E-state index is 0.0528. The highest BCUT2D eigenvalue weighted by Gasteiger charge is 2.34. The van der Waals surface area contributed by atoms with E-state index in [1.54, 1.807) is 11.3 Å². The topological polar surface area (TPSA) is 84.9 Å². The van der Waals surface area contributed by atoms with E-state index in [9.17, 15) is 23.2 Å². The van der Waals surface area contributed by atoms with Crippen LogP contribution in [0.1, 0.15) is 16.9 Å². The first kappa shape index (κ1) is 23.7. The van der Waals surface area contributed by atoms with Gasteiger partial charge in [-0.25, -0.2) is 0 Å². The zero-order valence-corrected chi connectivity index (χ0v) is 18.6. The summed E-state index contributed by atoms with van der Waals surface area (Å²) in [5.74, 6) is -0.704. The first-order valence-electron chi connectivity index (χ1n) is 9.54. The molecule has 3 amide bonds. The summed E-state index contributed by atoms with van der Waals surface area (Å²) in [6.45, 7) is -2.79. The van der Waals surface area contributed by atoms with Gasteiger partial charge in [-0.1, -0.05) is 12.1 Å². The number of nitrogens with one attached hydrogen (secondary N) is 1. The van der Waals surface area contributed by atoms with E-state index in [1.165, 1.54) is 31.4 Å². The van der Waals surface area contributed by atoms with E-state index in [0.29, 0.717) is 18.4 Å². The summed E-state index contributed by atoms with van der Waals surface area (Å²) in [6, 6.07) is 8.08. The Morgan fingerprint density at radius 1 is 1.25 bits per heavy atom. The number of nitrogens with zero attached hydrogens (tertiary/aromatic N) is 1. The Labute approximate surface area is 191 Å². The number of alkyl halides is 2. The van der Waals surface area contributed by atoms with Crippen LogP contribution in [-0.2, 0) is 16.0 Å². The first-order valence-corrected chi connectivity index (χ1v) is 11.2. The van der Waals surface area contributed by atoms with Crippen LogP contribution in [-0.4, -0.2) is 48.8 Å². The number of aryl methyl sites for hydroxylation is 1. The third-order valence-electron chi connectivity index (χ3n) is 4.41. The molecule has 0 radical (unpaired) electrons. The van der Waals surface area contributed by atoms with Crippen molar-refractivity contribution in [1.82, 2.24) is 10.2 Å². The summed E-state index contributed by atoms with van der Waals surface area (Å²) in [5.41, 5.74) is 0.482. The van der Waals surface area contributed by atoms with Crippen molar-refractivity contribution in [3.63, 3.8) is 0 Å². The molecule has 0 atom stereocenters. The number of thioether (sulfide) groups is 1. The van der Waals surface area contributed by atoms with Crippen molar-refractivity contribution in [3.8, 4) is 11.5 Å². The molecule has 0 unspecified atom stereocenters. The third kappa shape index (κ3) is 6.30. The van der Waals surface area contributed by atoms with Gasteiger partial charge >= 0.3 is 6.61 Å². The number of benzene rings is 1. The fourth-order valence-electron chi connectivity index (χ4n) is 2.90. The van der Waals surface area contributed by atoms with Crippen molar-refractivity contribution in [2.75, 3.05) is 20.2 Å². The lowest BCUT2D eigenvalue weighted by atomic mass is 10.2. The van der Waals surface area contributed by atoms with Crippen LogP contribution in [0.5, 0.6) is 11.5 Å². The molecular formula is C21H20F2N2O5S2. The maximum Gasteiger partial charge on any atom is 0.387 e. The third-order valence-corrected chi connectivity index (χ3v) is 6.25. The number of methoxy groups -OCH3 is 1. The van der Waals surface area contributed by atoms with Crippen LogP contribution < -0.4 is 14.8 Å². The maximum atomic E-state index is 12.6. The Hall–Kier alpha value is -2.92. The number of halogens is 2. The van der Waals surface area contributed by atoms with Crippen LogP contribution in [0, 0.1) is 0 Å². The number of amides is 3. The molecular weight excluding hydrogens is 462 g/mol. The highest BCUT2D eigenvalue weighted by molar-refractivity contribution is 8.18. The Balaban J connectivity index is 1.55. The average Bonchev–Trinajstić information content (AvgIpc) is 3.36. The summed E-state index contributed by atoms with van der Waals surface area (Å²) in [4.78, 5) is 39.1. The molecule has 1 aromatic heterocycles. The lowest BCUT2D eigenvalue weighted by molar-refractivity contribution is -0.124. The Morgan fingerprint density at radius 2 is 2.06 bits per heavy atom. The molecule has 0 bridgehead atoms. The van der Waals surface area contributed by atoms with Gasteiger partial charge in [-0.3, -0.25) is 19.3 Å². The summed E-state index contributed by atoms with van der Waals surface area (Å²) in [7, 11) is 1.31. The van der Waals surface area contributed by atoms with Gasteiger partial charge in [0.2, 0.25) is 5.91 Å². The van der Waals surface area contributed by atoms with Crippen LogP contribution in [0.15, 0.2) is 40.6 Å². The summed E-state index contributed by atoms with van der Waals surface area (Å²) < 4.78 is 34.3. The predicted molar refractivity (Wildman–Crippen MR) is 118 cm³/mol. The molecule has 1 aliphatic rings. The average molecular weight is 483 g/mol. The second kappa shape index (κ2) is 11.1. The van der Waals surface area contributed by atoms with Crippen molar-refractivity contribution in [2.24, 2.45) is 0 Å². The lowest BCUT2D eigenvalue weighted by Gasteiger charge is -2.13. The van der Waals surface area contributed by atoms with Crippen molar-refractivity contribution < 1.29 is 32.6 Å². The van der Waals surface area contributed by atoms with Gasteiger partial charge in [0.1, 0.15) is 0 Å². The van der Waals surface area contributed by atoms with Crippen molar-refractivity contribution >= 4 is 46.2 Å². The van der Waals surface area contributed by atoms with Crippen molar-refractivity contribution in [2.45, 2.75) is 19.5 Å². The predicted octanol–water partition coefficient (Wildman–Crippen LogP) is 4.14. The van der Waals surface area contributed by atoms with Crippen LogP contribution >= 0.6 is 23.1 Å². The van der Waals surface area contributed by atoms with Crippen LogP contribution in [0.4, 0.5) is 13.6 Å². The molecule has 170 valence electrons. The van der Waals surface area contributed by atoms with Gasteiger partial charge in [0.25, 0.3) is 11.1 Å². The molecule has 32 heavy (non-hydrogen) atoms. The van der Waals surface area contributed by atoms with Gasteiger partial charge in [0, 0.05) is 24.4 Å². The molecule has 2 aromatic rings. The molecule has 7 nitrogen and oxygen atoms in total. The SMILES string of the molecule is COc1cc(/C=C2\SC(=O)N(CCNC(=O)CCc3cccs3)C2=O)ccc1OC(F)F. The van der Waals surface area contributed by atoms with Crippen molar-refractivity contribution in [1.29, 1.82) is 0 Å². The fraction of sp³-hybridized carbons (Fsp3) is 0.286. The number of carbonyl (C=O) groups excluding carboxylic acids is 3. The van der Waals surface area contributed by atoms with E-state index in [-0.39, 0.29) is 35.4 Å². The molecule has 3 rings (SSSR count). The molecule has 1 saturated heterocycles. The molecule has 0 saturated carbocycles. The smallest absolute Gasteiger partial charge is 0.387 e. The van der Waals surface area contributed by atoms with E-state index in [2.05, 4.69) is 10.1 Å². The van der Waals surface area contributed by atoms with Crippen LogP contribution in [0.2, 0.25) is 0 Å². The van der Waals surface area contributed by atoms with Gasteiger partial charge in [0.15, 0.2) is 11.5 Å². The molecule has 1 aliphatic heterocycles. The van der Waals surface area contributed by atoms with Gasteiger partial charge in [0.05, 0.1) is 12.0 Å². The number of hydrogen-bond donors (Lipinski definition) is 1. The monoisotopic (exact) mass is 482 g/mol. The number of ether oxygens (including phenoxy) is 2. The molecule has 1 aromatic carbocycles. The van der Waals surface area contributed by atoms with Gasteiger partial charge in [-0.05, 0) is 53.4 Å². The van der Waals surface area contributed by atoms with E-state index in [0.717, 1.165) is 21.5 Å². The van der Waals surface area contributed by atoms with E-state index < -0.39 is 17.8 Å². The Bertz CT molecular complexity index is 1010. The van der Waals surface area contributed by atoms with Gasteiger partial charge in [-0.15, -0.1) is 11.3 Å². The second-order valence-electron chi connectivity index (χ2n) is 6.55. The zero-order chi connectivity index (χ0) is 23.1. The largest absolute Gasteiger partial charge is 0.493 e. The second-order valence-corrected chi connectivity index (χ2v) is 8.58. The minimum Gasteiger partial charge on any atom is -0.493 e. The molecule has 1 fully saturated rings. The lowest BCUT2D eigenvalue weighted by Crippen LogP contribution is -2.37. The quantitative estimate of drug-likeness (QED) is 0.513. The Kier molecular flexibility index (Phi) is 8.23. The van der Waals surface area contributed by atoms with E-state index in [1.807, 2.05) is 17.5 Å². The Morgan fingerprint density at radius 3 is 2.75 bits per heavy atom. The normalized spacial score (nSPS) is 15.0. The highest BCUT2D eigenvalue weighted by Crippen LogP contribution is 2.34. The minimum atomic E-state index is -3.00. The van der Waals surface area contributed by atoms with Crippen molar-refractivity contribution in [3.05, 3.63) is 51.1 Å². The van der Waals surface area contributed by atoms with Gasteiger partial charge in [-0.2, -0.15) is 8.78 Å². The standard InChI is InChI=1S/C21H20F2N2O5S2/c1-29-16-11-13(4-6-15(16)30-20(22)23)12-17-19(27)25(21(28)32-17)9-8-24-18(26)7-5-14-3-2-10-31-14/h2-4,6,10-12,20H,5,7-9H2,1H3,(H,24,26)/b17-12-. The highest BCUT2D eigenvalue weighted by atomic mass is 32.2. The molecule has 0 spiro atoms. The molecule has 0 aliphatic carbocycles. The maximum absolute atomic E-state index is 12.6. The molecule has 2 heterocycles. The summed E-state index contributed by atoms with van der Waals surface area (Å²) >= 11 is 2.35. The number of thiophene rings is 1. The zero-order valence-electron chi connectivity index (χ0n) is 17.0. The number of rotatable bonds is 10. The summed E-state index contributed by atoms with van der Waals surface area (Å²) in [5, 5.41) is 4.21. The van der Waals surface area contributed by atoms with E-state index >= 15 is 0 Å². The molecule has 1 N–H and O–H groups in total. The molecule has 11 heteroatoms. The fourth-order valence-corrected chi connectivity index (χ4v) is 4.47. The van der Waals surface area contributed by atoms with E-state index in [4.69, 9.17) is 4.74 Å².